The van der Waals surface area contributed by atoms with Crippen LogP contribution in [0.5, 0.6) is 0 Å². The first-order valence-electron chi connectivity index (χ1n) is 5.63. The van der Waals surface area contributed by atoms with Crippen LogP contribution in [-0.4, -0.2) is 35.1 Å². The minimum atomic E-state index is -1.10. The highest BCUT2D eigenvalue weighted by Gasteiger charge is 2.14. The molecule has 0 saturated heterocycles. The molecule has 0 atom stereocenters. The van der Waals surface area contributed by atoms with E-state index in [-0.39, 0.29) is 18.9 Å². The van der Waals surface area contributed by atoms with E-state index >= 15 is 0 Å². The zero-order chi connectivity index (χ0) is 14.3. The van der Waals surface area contributed by atoms with Crippen LogP contribution >= 0.6 is 0 Å². The number of carbonyl (C=O) groups excluding carboxylic acids is 1. The molecule has 102 valence electrons. The molecule has 2 N–H and O–H groups in total. The number of carboxylic acid groups (broad SMARTS) is 1. The number of carbonyl (C=O) groups is 2. The van der Waals surface area contributed by atoms with E-state index in [1.807, 2.05) is 0 Å². The first kappa shape index (κ1) is 14.7. The number of benzene rings is 1. The Hall–Kier alpha value is -2.37. The molecule has 1 aromatic rings. The van der Waals surface area contributed by atoms with Gasteiger partial charge in [-0.05, 0) is 17.7 Å². The van der Waals surface area contributed by atoms with Crippen LogP contribution in [-0.2, 0) is 11.3 Å². The third-order valence-electron chi connectivity index (χ3n) is 2.32. The van der Waals surface area contributed by atoms with Gasteiger partial charge >= 0.3 is 12.0 Å². The highest BCUT2D eigenvalue weighted by Crippen LogP contribution is 2.02. The zero-order valence-electron chi connectivity index (χ0n) is 10.3. The summed E-state index contributed by atoms with van der Waals surface area (Å²) in [5.41, 5.74) is 0.726. The Morgan fingerprint density at radius 2 is 2.00 bits per heavy atom. The van der Waals surface area contributed by atoms with Crippen molar-refractivity contribution in [2.45, 2.75) is 6.54 Å². The van der Waals surface area contributed by atoms with Crippen molar-refractivity contribution < 1.29 is 19.1 Å². The van der Waals surface area contributed by atoms with Crippen molar-refractivity contribution in [3.63, 3.8) is 0 Å². The first-order chi connectivity index (χ1) is 9.02. The van der Waals surface area contributed by atoms with Crippen molar-refractivity contribution in [3.8, 4) is 0 Å². The van der Waals surface area contributed by atoms with Crippen molar-refractivity contribution in [1.82, 2.24) is 10.2 Å². The molecule has 0 aliphatic carbocycles. The average Bonchev–Trinajstić information content (AvgIpc) is 2.37. The lowest BCUT2D eigenvalue weighted by Gasteiger charge is -2.19. The topological polar surface area (TPSA) is 69.6 Å². The van der Waals surface area contributed by atoms with E-state index < -0.39 is 18.5 Å². The number of urea groups is 1. The van der Waals surface area contributed by atoms with E-state index in [0.717, 1.165) is 10.5 Å². The molecule has 0 aliphatic rings. The predicted octanol–water partition coefficient (Wildman–Crippen LogP) is 1.61. The Bertz CT molecular complexity index is 459. The van der Waals surface area contributed by atoms with E-state index in [4.69, 9.17) is 5.11 Å². The normalized spacial score (nSPS) is 9.74. The molecule has 0 unspecified atom stereocenters. The number of halogens is 1. The van der Waals surface area contributed by atoms with Crippen LogP contribution in [0.25, 0.3) is 0 Å². The number of nitrogens with one attached hydrogen (secondary N) is 1. The number of rotatable bonds is 6. The van der Waals surface area contributed by atoms with Crippen molar-refractivity contribution >= 4 is 12.0 Å². The Balaban J connectivity index is 2.54. The largest absolute Gasteiger partial charge is 0.480 e. The van der Waals surface area contributed by atoms with Crippen LogP contribution in [0.15, 0.2) is 36.9 Å². The second kappa shape index (κ2) is 7.15. The molecule has 0 saturated carbocycles. The quantitative estimate of drug-likeness (QED) is 0.768. The summed E-state index contributed by atoms with van der Waals surface area (Å²) in [4.78, 5) is 23.5. The minimum Gasteiger partial charge on any atom is -0.480 e. The maximum atomic E-state index is 12.7. The number of carboxylic acids is 1. The summed E-state index contributed by atoms with van der Waals surface area (Å²) in [7, 11) is 0. The summed E-state index contributed by atoms with van der Waals surface area (Å²) in [6.45, 7) is 3.40. The maximum absolute atomic E-state index is 12.7. The van der Waals surface area contributed by atoms with Gasteiger partial charge in [-0.25, -0.2) is 9.18 Å². The van der Waals surface area contributed by atoms with Gasteiger partial charge in [0.05, 0.1) is 0 Å². The van der Waals surface area contributed by atoms with E-state index in [9.17, 15) is 14.0 Å². The molecule has 0 bridgehead atoms. The van der Waals surface area contributed by atoms with Gasteiger partial charge in [0.15, 0.2) is 0 Å². The van der Waals surface area contributed by atoms with Gasteiger partial charge in [-0.2, -0.15) is 0 Å². The average molecular weight is 266 g/mol. The third-order valence-corrected chi connectivity index (χ3v) is 2.32. The first-order valence-corrected chi connectivity index (χ1v) is 5.63. The molecule has 0 spiro atoms. The Morgan fingerprint density at radius 3 is 2.53 bits per heavy atom. The fourth-order valence-corrected chi connectivity index (χ4v) is 1.43. The van der Waals surface area contributed by atoms with Crippen LogP contribution < -0.4 is 5.32 Å². The third kappa shape index (κ3) is 5.20. The van der Waals surface area contributed by atoms with Gasteiger partial charge in [0.2, 0.25) is 0 Å². The standard InChI is InChI=1S/C13H15FN2O3/c1-2-7-16(9-12(17)18)13(19)15-8-10-3-5-11(14)6-4-10/h2-6H,1,7-9H2,(H,15,19)(H,17,18). The highest BCUT2D eigenvalue weighted by atomic mass is 19.1. The number of hydrogen-bond acceptors (Lipinski definition) is 2. The van der Waals surface area contributed by atoms with Gasteiger partial charge in [-0.15, -0.1) is 6.58 Å². The molecule has 19 heavy (non-hydrogen) atoms. The SMILES string of the molecule is C=CCN(CC(=O)O)C(=O)NCc1ccc(F)cc1. The predicted molar refractivity (Wildman–Crippen MR) is 68.0 cm³/mol. The maximum Gasteiger partial charge on any atom is 0.323 e. The van der Waals surface area contributed by atoms with Crippen molar-refractivity contribution in [3.05, 3.63) is 48.3 Å². The summed E-state index contributed by atoms with van der Waals surface area (Å²) in [6.07, 6.45) is 1.44. The molecular weight excluding hydrogens is 251 g/mol. The summed E-state index contributed by atoms with van der Waals surface area (Å²) in [5.74, 6) is -1.45. The van der Waals surface area contributed by atoms with Crippen molar-refractivity contribution in [2.24, 2.45) is 0 Å². The van der Waals surface area contributed by atoms with E-state index in [2.05, 4.69) is 11.9 Å². The fraction of sp³-hybridized carbons (Fsp3) is 0.231. The van der Waals surface area contributed by atoms with Gasteiger partial charge in [0.1, 0.15) is 12.4 Å². The molecule has 2 amide bonds. The second-order valence-corrected chi connectivity index (χ2v) is 3.85. The van der Waals surface area contributed by atoms with Crippen LogP contribution in [0.1, 0.15) is 5.56 Å². The lowest BCUT2D eigenvalue weighted by molar-refractivity contribution is -0.137. The lowest BCUT2D eigenvalue weighted by Crippen LogP contribution is -2.42. The van der Waals surface area contributed by atoms with Gasteiger partial charge in [-0.3, -0.25) is 4.79 Å². The van der Waals surface area contributed by atoms with Gasteiger partial charge in [-0.1, -0.05) is 18.2 Å². The molecule has 0 aliphatic heterocycles. The number of hydrogen-bond donors (Lipinski definition) is 2. The molecule has 0 fully saturated rings. The molecular formula is C13H15FN2O3. The van der Waals surface area contributed by atoms with Gasteiger partial charge in [0.25, 0.3) is 0 Å². The molecule has 0 heterocycles. The minimum absolute atomic E-state index is 0.140. The van der Waals surface area contributed by atoms with Crippen LogP contribution in [0.4, 0.5) is 9.18 Å². The van der Waals surface area contributed by atoms with E-state index in [1.54, 1.807) is 12.1 Å². The van der Waals surface area contributed by atoms with E-state index in [0.29, 0.717) is 0 Å². The Morgan fingerprint density at radius 1 is 1.37 bits per heavy atom. The number of nitrogens with zero attached hydrogens (tertiary/aromatic N) is 1. The van der Waals surface area contributed by atoms with Crippen LogP contribution in [0.3, 0.4) is 0 Å². The second-order valence-electron chi connectivity index (χ2n) is 3.85. The highest BCUT2D eigenvalue weighted by molar-refractivity contribution is 5.80. The van der Waals surface area contributed by atoms with Gasteiger partial charge in [0, 0.05) is 13.1 Å². The number of amides is 2. The molecule has 0 aromatic heterocycles. The summed E-state index contributed by atoms with van der Waals surface area (Å²) >= 11 is 0. The monoisotopic (exact) mass is 266 g/mol. The molecule has 1 aromatic carbocycles. The molecule has 6 heteroatoms. The summed E-state index contributed by atoms with van der Waals surface area (Å²) in [5, 5.41) is 11.2. The number of aliphatic carboxylic acids is 1. The molecule has 1 rings (SSSR count). The smallest absolute Gasteiger partial charge is 0.323 e. The van der Waals surface area contributed by atoms with Crippen molar-refractivity contribution in [2.75, 3.05) is 13.1 Å². The van der Waals surface area contributed by atoms with Crippen molar-refractivity contribution in [1.29, 1.82) is 0 Å². The Labute approximate surface area is 110 Å². The lowest BCUT2D eigenvalue weighted by atomic mass is 10.2. The van der Waals surface area contributed by atoms with Gasteiger partial charge < -0.3 is 15.3 Å². The molecule has 0 radical (unpaired) electrons. The summed E-state index contributed by atoms with van der Waals surface area (Å²) < 4.78 is 12.7. The van der Waals surface area contributed by atoms with Crippen LogP contribution in [0.2, 0.25) is 0 Å². The Kier molecular flexibility index (Phi) is 5.53. The fourth-order valence-electron chi connectivity index (χ4n) is 1.43. The molecule has 5 nitrogen and oxygen atoms in total. The van der Waals surface area contributed by atoms with Crippen LogP contribution in [0, 0.1) is 5.82 Å². The zero-order valence-corrected chi connectivity index (χ0v) is 10.3. The summed E-state index contributed by atoms with van der Waals surface area (Å²) in [6, 6.07) is 5.17. The van der Waals surface area contributed by atoms with E-state index in [1.165, 1.54) is 18.2 Å².